The molecule has 1 heterocycles. The van der Waals surface area contributed by atoms with Crippen molar-refractivity contribution in [3.05, 3.63) is 59.7 Å². The summed E-state index contributed by atoms with van der Waals surface area (Å²) in [7, 11) is 1.29. The molecule has 2 N–H and O–H groups in total. The third kappa shape index (κ3) is 5.17. The number of nitrogens with one attached hydrogen (secondary N) is 2. The van der Waals surface area contributed by atoms with Crippen molar-refractivity contribution < 1.29 is 19.1 Å². The molecule has 0 aromatic heterocycles. The summed E-state index contributed by atoms with van der Waals surface area (Å²) in [6, 6.07) is 14.1. The molecule has 0 bridgehead atoms. The smallest absolute Gasteiger partial charge is 0.411 e. The fourth-order valence-electron chi connectivity index (χ4n) is 3.52. The lowest BCUT2D eigenvalue weighted by molar-refractivity contribution is -0.140. The van der Waals surface area contributed by atoms with Gasteiger partial charge < -0.3 is 15.0 Å². The zero-order valence-corrected chi connectivity index (χ0v) is 17.5. The SMILES string of the molecule is COC(=O)Nc1ccc(NC(=O)C2Cc3ccccc3CN2C(=O)CC(C)C)cc1. The van der Waals surface area contributed by atoms with Gasteiger partial charge in [0, 0.05) is 30.8 Å². The lowest BCUT2D eigenvalue weighted by atomic mass is 9.92. The van der Waals surface area contributed by atoms with Gasteiger partial charge in [0.1, 0.15) is 6.04 Å². The Hall–Kier alpha value is -3.35. The highest BCUT2D eigenvalue weighted by molar-refractivity contribution is 5.98. The number of nitrogens with zero attached hydrogens (tertiary/aromatic N) is 1. The third-order valence-electron chi connectivity index (χ3n) is 5.04. The predicted octanol–water partition coefficient (Wildman–Crippen LogP) is 3.80. The molecule has 0 aliphatic carbocycles. The number of carbonyl (C=O) groups excluding carboxylic acids is 3. The summed E-state index contributed by atoms with van der Waals surface area (Å²) in [6.07, 6.45) is 0.320. The van der Waals surface area contributed by atoms with E-state index in [2.05, 4.69) is 15.4 Å². The van der Waals surface area contributed by atoms with Gasteiger partial charge in [0.05, 0.1) is 7.11 Å². The number of hydrogen-bond acceptors (Lipinski definition) is 4. The number of carbonyl (C=O) groups is 3. The minimum Gasteiger partial charge on any atom is -0.453 e. The maximum atomic E-state index is 13.1. The third-order valence-corrected chi connectivity index (χ3v) is 5.04. The number of anilines is 2. The molecule has 0 saturated heterocycles. The van der Waals surface area contributed by atoms with Crippen LogP contribution in [0.25, 0.3) is 0 Å². The van der Waals surface area contributed by atoms with Crippen LogP contribution in [0.3, 0.4) is 0 Å². The first kappa shape index (κ1) is 21.4. The van der Waals surface area contributed by atoms with E-state index in [1.54, 1.807) is 29.2 Å². The van der Waals surface area contributed by atoms with E-state index in [1.165, 1.54) is 7.11 Å². The molecular weight excluding hydrogens is 382 g/mol. The van der Waals surface area contributed by atoms with E-state index in [-0.39, 0.29) is 17.7 Å². The van der Waals surface area contributed by atoms with Crippen molar-refractivity contribution in [1.82, 2.24) is 4.90 Å². The summed E-state index contributed by atoms with van der Waals surface area (Å²) in [4.78, 5) is 38.9. The van der Waals surface area contributed by atoms with E-state index in [0.29, 0.717) is 30.8 Å². The van der Waals surface area contributed by atoms with Gasteiger partial charge in [0.25, 0.3) is 0 Å². The first-order valence-electron chi connectivity index (χ1n) is 9.99. The molecule has 1 unspecified atom stereocenters. The van der Waals surface area contributed by atoms with Gasteiger partial charge in [0.2, 0.25) is 11.8 Å². The fraction of sp³-hybridized carbons (Fsp3) is 0.348. The van der Waals surface area contributed by atoms with Crippen molar-refractivity contribution in [1.29, 1.82) is 0 Å². The Bertz CT molecular complexity index is 924. The summed E-state index contributed by atoms with van der Waals surface area (Å²) in [5, 5.41) is 5.46. The van der Waals surface area contributed by atoms with Crippen LogP contribution in [0.4, 0.5) is 16.2 Å². The Morgan fingerprint density at radius 3 is 2.20 bits per heavy atom. The Morgan fingerprint density at radius 1 is 1.00 bits per heavy atom. The molecule has 1 aliphatic heterocycles. The fourth-order valence-corrected chi connectivity index (χ4v) is 3.52. The van der Waals surface area contributed by atoms with Crippen molar-refractivity contribution >= 4 is 29.3 Å². The Balaban J connectivity index is 1.76. The molecule has 3 amide bonds. The summed E-state index contributed by atoms with van der Waals surface area (Å²) in [5.74, 6) is -0.0270. The van der Waals surface area contributed by atoms with Gasteiger partial charge in [-0.2, -0.15) is 0 Å². The van der Waals surface area contributed by atoms with Crippen LogP contribution in [0.1, 0.15) is 31.4 Å². The number of benzene rings is 2. The normalized spacial score (nSPS) is 15.3. The van der Waals surface area contributed by atoms with E-state index in [9.17, 15) is 14.4 Å². The van der Waals surface area contributed by atoms with Crippen molar-refractivity contribution in [2.45, 2.75) is 39.3 Å². The van der Waals surface area contributed by atoms with E-state index >= 15 is 0 Å². The molecular formula is C23H27N3O4. The molecule has 7 nitrogen and oxygen atoms in total. The zero-order valence-electron chi connectivity index (χ0n) is 17.5. The van der Waals surface area contributed by atoms with Crippen LogP contribution >= 0.6 is 0 Å². The Labute approximate surface area is 176 Å². The monoisotopic (exact) mass is 409 g/mol. The van der Waals surface area contributed by atoms with Crippen LogP contribution < -0.4 is 10.6 Å². The van der Waals surface area contributed by atoms with Crippen LogP contribution in [0.5, 0.6) is 0 Å². The molecule has 2 aromatic rings. The zero-order chi connectivity index (χ0) is 21.7. The molecule has 0 radical (unpaired) electrons. The molecule has 7 heteroatoms. The first-order valence-corrected chi connectivity index (χ1v) is 9.99. The second kappa shape index (κ2) is 9.43. The van der Waals surface area contributed by atoms with Gasteiger partial charge in [0.15, 0.2) is 0 Å². The van der Waals surface area contributed by atoms with Crippen LogP contribution in [0.2, 0.25) is 0 Å². The molecule has 0 spiro atoms. The van der Waals surface area contributed by atoms with Gasteiger partial charge in [-0.25, -0.2) is 4.79 Å². The van der Waals surface area contributed by atoms with Gasteiger partial charge in [-0.1, -0.05) is 38.1 Å². The van der Waals surface area contributed by atoms with Crippen molar-refractivity contribution in [3.8, 4) is 0 Å². The summed E-state index contributed by atoms with van der Waals surface area (Å²) >= 11 is 0. The maximum Gasteiger partial charge on any atom is 0.411 e. The number of rotatable bonds is 5. The van der Waals surface area contributed by atoms with Gasteiger partial charge in [-0.3, -0.25) is 14.9 Å². The van der Waals surface area contributed by atoms with Crippen molar-refractivity contribution in [2.75, 3.05) is 17.7 Å². The lowest BCUT2D eigenvalue weighted by Gasteiger charge is -2.36. The lowest BCUT2D eigenvalue weighted by Crippen LogP contribution is -2.50. The number of hydrogen-bond donors (Lipinski definition) is 2. The van der Waals surface area contributed by atoms with Crippen LogP contribution in [0.15, 0.2) is 48.5 Å². The molecule has 0 saturated carbocycles. The predicted molar refractivity (Wildman–Crippen MR) is 115 cm³/mol. The molecule has 1 atom stereocenters. The summed E-state index contributed by atoms with van der Waals surface area (Å²) in [5.41, 5.74) is 3.31. The average molecular weight is 409 g/mol. The maximum absolute atomic E-state index is 13.1. The van der Waals surface area contributed by atoms with E-state index < -0.39 is 12.1 Å². The largest absolute Gasteiger partial charge is 0.453 e. The highest BCUT2D eigenvalue weighted by atomic mass is 16.5. The first-order chi connectivity index (χ1) is 14.4. The molecule has 30 heavy (non-hydrogen) atoms. The minimum atomic E-state index is -0.570. The van der Waals surface area contributed by atoms with Crippen LogP contribution in [-0.4, -0.2) is 36.0 Å². The second-order valence-corrected chi connectivity index (χ2v) is 7.79. The van der Waals surface area contributed by atoms with Crippen LogP contribution in [-0.2, 0) is 27.3 Å². The van der Waals surface area contributed by atoms with Gasteiger partial charge >= 0.3 is 6.09 Å². The number of amides is 3. The quantitative estimate of drug-likeness (QED) is 0.786. The average Bonchev–Trinajstić information content (AvgIpc) is 2.73. The van der Waals surface area contributed by atoms with Gasteiger partial charge in [-0.15, -0.1) is 0 Å². The van der Waals surface area contributed by atoms with Crippen LogP contribution in [0, 0.1) is 5.92 Å². The Kier molecular flexibility index (Phi) is 6.72. The van der Waals surface area contributed by atoms with Gasteiger partial charge in [-0.05, 0) is 41.3 Å². The minimum absolute atomic E-state index is 0.0164. The second-order valence-electron chi connectivity index (χ2n) is 7.79. The topological polar surface area (TPSA) is 87.7 Å². The summed E-state index contributed by atoms with van der Waals surface area (Å²) in [6.45, 7) is 4.42. The van der Waals surface area contributed by atoms with E-state index in [0.717, 1.165) is 11.1 Å². The molecule has 1 aliphatic rings. The van der Waals surface area contributed by atoms with Crippen molar-refractivity contribution in [3.63, 3.8) is 0 Å². The van der Waals surface area contributed by atoms with Crippen molar-refractivity contribution in [2.24, 2.45) is 5.92 Å². The molecule has 3 rings (SSSR count). The van der Waals surface area contributed by atoms with E-state index in [4.69, 9.17) is 0 Å². The highest BCUT2D eigenvalue weighted by Gasteiger charge is 2.34. The molecule has 2 aromatic carbocycles. The van der Waals surface area contributed by atoms with E-state index in [1.807, 2.05) is 38.1 Å². The molecule has 158 valence electrons. The number of ether oxygens (including phenoxy) is 1. The summed E-state index contributed by atoms with van der Waals surface area (Å²) < 4.78 is 4.56. The highest BCUT2D eigenvalue weighted by Crippen LogP contribution is 2.26. The standard InChI is InChI=1S/C23H27N3O4/c1-15(2)12-21(27)26-14-17-7-5-4-6-16(17)13-20(26)22(28)24-18-8-10-19(11-9-18)25-23(29)30-3/h4-11,15,20H,12-14H2,1-3H3,(H,24,28)(H,25,29). The number of methoxy groups -OCH3 is 1. The Morgan fingerprint density at radius 2 is 1.60 bits per heavy atom. The number of fused-ring (bicyclic) bond motifs is 1. The molecule has 0 fully saturated rings.